The van der Waals surface area contributed by atoms with Crippen LogP contribution in [-0.2, 0) is 0 Å². The van der Waals surface area contributed by atoms with Crippen molar-refractivity contribution in [3.05, 3.63) is 29.6 Å². The molecule has 1 rings (SSSR count). The first kappa shape index (κ1) is 10.5. The number of benzene rings is 1. The predicted molar refractivity (Wildman–Crippen MR) is 54.7 cm³/mol. The van der Waals surface area contributed by atoms with Crippen molar-refractivity contribution in [1.82, 2.24) is 0 Å². The van der Waals surface area contributed by atoms with Crippen LogP contribution in [0.5, 0.6) is 0 Å². The third-order valence-electron chi connectivity index (χ3n) is 2.18. The van der Waals surface area contributed by atoms with E-state index < -0.39 is 0 Å². The zero-order valence-corrected chi connectivity index (χ0v) is 8.42. The van der Waals surface area contributed by atoms with Crippen molar-refractivity contribution >= 4 is 5.69 Å². The number of nitriles is 1. The van der Waals surface area contributed by atoms with E-state index in [0.717, 1.165) is 13.1 Å². The number of hydrogen-bond donors (Lipinski definition) is 0. The van der Waals surface area contributed by atoms with Crippen LogP contribution in [0.3, 0.4) is 0 Å². The topological polar surface area (TPSA) is 27.0 Å². The molecule has 0 N–H and O–H groups in total. The number of rotatable bonds is 3. The zero-order chi connectivity index (χ0) is 10.6. The van der Waals surface area contributed by atoms with Crippen LogP contribution in [-0.4, -0.2) is 13.1 Å². The lowest BCUT2D eigenvalue weighted by molar-refractivity contribution is 0.619. The maximum atomic E-state index is 13.5. The number of halogens is 1. The second-order valence-electron chi connectivity index (χ2n) is 2.95. The van der Waals surface area contributed by atoms with Crippen molar-refractivity contribution in [1.29, 1.82) is 5.26 Å². The fourth-order valence-corrected chi connectivity index (χ4v) is 1.40. The molecule has 0 bridgehead atoms. The van der Waals surface area contributed by atoms with E-state index in [1.165, 1.54) is 6.07 Å². The van der Waals surface area contributed by atoms with Crippen LogP contribution in [0.25, 0.3) is 0 Å². The van der Waals surface area contributed by atoms with Crippen LogP contribution in [0, 0.1) is 17.1 Å². The summed E-state index contributed by atoms with van der Waals surface area (Å²) in [5.74, 6) is -0.326. The molecule has 0 aromatic heterocycles. The molecule has 0 aliphatic carbocycles. The zero-order valence-electron chi connectivity index (χ0n) is 8.42. The SMILES string of the molecule is CCN(CC)c1ccc(C#N)cc1F. The van der Waals surface area contributed by atoms with E-state index in [2.05, 4.69) is 0 Å². The summed E-state index contributed by atoms with van der Waals surface area (Å²) < 4.78 is 13.5. The number of anilines is 1. The Morgan fingerprint density at radius 3 is 2.43 bits per heavy atom. The maximum absolute atomic E-state index is 13.5. The van der Waals surface area contributed by atoms with E-state index >= 15 is 0 Å². The minimum absolute atomic E-state index is 0.326. The molecule has 1 aromatic rings. The summed E-state index contributed by atoms with van der Waals surface area (Å²) in [6.45, 7) is 5.47. The molecule has 0 aliphatic rings. The molecule has 0 unspecified atom stereocenters. The molecule has 0 radical (unpaired) electrons. The quantitative estimate of drug-likeness (QED) is 0.735. The Balaban J connectivity index is 3.05. The minimum atomic E-state index is -0.326. The maximum Gasteiger partial charge on any atom is 0.147 e. The van der Waals surface area contributed by atoms with Gasteiger partial charge in [0.05, 0.1) is 17.3 Å². The van der Waals surface area contributed by atoms with Gasteiger partial charge in [0.25, 0.3) is 0 Å². The molecule has 3 heteroatoms. The van der Waals surface area contributed by atoms with E-state index in [1.807, 2.05) is 24.8 Å². The molecule has 14 heavy (non-hydrogen) atoms. The molecular formula is C11H13FN2. The lowest BCUT2D eigenvalue weighted by atomic mass is 10.2. The average molecular weight is 192 g/mol. The van der Waals surface area contributed by atoms with Gasteiger partial charge in [0.1, 0.15) is 5.82 Å². The molecule has 0 amide bonds. The highest BCUT2D eigenvalue weighted by Gasteiger charge is 2.08. The van der Waals surface area contributed by atoms with Gasteiger partial charge in [-0.25, -0.2) is 4.39 Å². The highest BCUT2D eigenvalue weighted by molar-refractivity contribution is 5.50. The standard InChI is InChI=1S/C11H13FN2/c1-3-14(4-2)11-6-5-9(8-13)7-10(11)12/h5-7H,3-4H2,1-2H3. The van der Waals surface area contributed by atoms with E-state index in [0.29, 0.717) is 11.3 Å². The summed E-state index contributed by atoms with van der Waals surface area (Å²) in [5.41, 5.74) is 0.924. The molecule has 0 spiro atoms. The third kappa shape index (κ3) is 2.02. The van der Waals surface area contributed by atoms with Crippen molar-refractivity contribution in [2.24, 2.45) is 0 Å². The van der Waals surface area contributed by atoms with Crippen molar-refractivity contribution in [2.45, 2.75) is 13.8 Å². The summed E-state index contributed by atoms with van der Waals surface area (Å²) >= 11 is 0. The van der Waals surface area contributed by atoms with Gasteiger partial charge in [0.15, 0.2) is 0 Å². The monoisotopic (exact) mass is 192 g/mol. The van der Waals surface area contributed by atoms with Crippen LogP contribution >= 0.6 is 0 Å². The van der Waals surface area contributed by atoms with E-state index in [-0.39, 0.29) is 5.82 Å². The molecule has 0 aliphatic heterocycles. The summed E-state index contributed by atoms with van der Waals surface area (Å²) in [4.78, 5) is 1.91. The van der Waals surface area contributed by atoms with Gasteiger partial charge in [-0.2, -0.15) is 5.26 Å². The van der Waals surface area contributed by atoms with Gasteiger partial charge in [-0.15, -0.1) is 0 Å². The van der Waals surface area contributed by atoms with Crippen LogP contribution in [0.4, 0.5) is 10.1 Å². The minimum Gasteiger partial charge on any atom is -0.370 e. The fourth-order valence-electron chi connectivity index (χ4n) is 1.40. The first-order chi connectivity index (χ1) is 6.72. The second-order valence-corrected chi connectivity index (χ2v) is 2.95. The Morgan fingerprint density at radius 1 is 1.36 bits per heavy atom. The van der Waals surface area contributed by atoms with E-state index in [1.54, 1.807) is 12.1 Å². The van der Waals surface area contributed by atoms with Crippen molar-refractivity contribution < 1.29 is 4.39 Å². The molecule has 0 fully saturated rings. The van der Waals surface area contributed by atoms with E-state index in [9.17, 15) is 4.39 Å². The average Bonchev–Trinajstić information content (AvgIpc) is 2.22. The molecule has 0 saturated carbocycles. The predicted octanol–water partition coefficient (Wildman–Crippen LogP) is 2.54. The summed E-state index contributed by atoms with van der Waals surface area (Å²) in [7, 11) is 0. The largest absolute Gasteiger partial charge is 0.370 e. The van der Waals surface area contributed by atoms with Crippen LogP contribution in [0.15, 0.2) is 18.2 Å². The molecule has 0 atom stereocenters. The van der Waals surface area contributed by atoms with Gasteiger partial charge in [0, 0.05) is 13.1 Å². The fraction of sp³-hybridized carbons (Fsp3) is 0.364. The van der Waals surface area contributed by atoms with Crippen molar-refractivity contribution in [3.63, 3.8) is 0 Å². The Morgan fingerprint density at radius 2 is 2.00 bits per heavy atom. The Bertz CT molecular complexity index is 351. The molecule has 1 aromatic carbocycles. The van der Waals surface area contributed by atoms with Crippen LogP contribution in [0.1, 0.15) is 19.4 Å². The number of hydrogen-bond acceptors (Lipinski definition) is 2. The smallest absolute Gasteiger partial charge is 0.147 e. The summed E-state index contributed by atoms with van der Waals surface area (Å²) in [5, 5.41) is 8.58. The van der Waals surface area contributed by atoms with Gasteiger partial charge in [-0.1, -0.05) is 0 Å². The first-order valence-corrected chi connectivity index (χ1v) is 4.67. The molecule has 74 valence electrons. The lowest BCUT2D eigenvalue weighted by Gasteiger charge is -2.21. The molecular weight excluding hydrogens is 179 g/mol. The van der Waals surface area contributed by atoms with Gasteiger partial charge in [0.2, 0.25) is 0 Å². The lowest BCUT2D eigenvalue weighted by Crippen LogP contribution is -2.22. The van der Waals surface area contributed by atoms with Gasteiger partial charge in [-0.05, 0) is 32.0 Å². The Labute approximate surface area is 83.6 Å². The van der Waals surface area contributed by atoms with Gasteiger partial charge < -0.3 is 4.90 Å². The summed E-state index contributed by atoms with van der Waals surface area (Å²) in [6, 6.07) is 6.47. The molecule has 0 saturated heterocycles. The van der Waals surface area contributed by atoms with Crippen LogP contribution < -0.4 is 4.90 Å². The van der Waals surface area contributed by atoms with Crippen LogP contribution in [0.2, 0.25) is 0 Å². The highest BCUT2D eigenvalue weighted by Crippen LogP contribution is 2.19. The second kappa shape index (κ2) is 4.61. The molecule has 2 nitrogen and oxygen atoms in total. The van der Waals surface area contributed by atoms with Gasteiger partial charge >= 0.3 is 0 Å². The molecule has 0 heterocycles. The van der Waals surface area contributed by atoms with E-state index in [4.69, 9.17) is 5.26 Å². The normalized spacial score (nSPS) is 9.57. The Hall–Kier alpha value is -1.56. The highest BCUT2D eigenvalue weighted by atomic mass is 19.1. The summed E-state index contributed by atoms with van der Waals surface area (Å²) in [6.07, 6.45) is 0. The first-order valence-electron chi connectivity index (χ1n) is 4.67. The third-order valence-corrected chi connectivity index (χ3v) is 2.18. The number of nitrogens with zero attached hydrogens (tertiary/aromatic N) is 2. The van der Waals surface area contributed by atoms with Crippen molar-refractivity contribution in [2.75, 3.05) is 18.0 Å². The van der Waals surface area contributed by atoms with Crippen molar-refractivity contribution in [3.8, 4) is 6.07 Å². The Kier molecular flexibility index (Phi) is 3.47. The van der Waals surface area contributed by atoms with Gasteiger partial charge in [-0.3, -0.25) is 0 Å².